The van der Waals surface area contributed by atoms with Gasteiger partial charge in [-0.3, -0.25) is 4.79 Å². The monoisotopic (exact) mass is 451 g/mol. The number of ether oxygens (including phenoxy) is 2. The SMILES string of the molecule is CC(C)Oc1cccc(CC(=O)N2CCO[C@@](c3ccc(Cl)c(Cl)c3)(C(C)O)C2)c1. The maximum atomic E-state index is 13.1. The van der Waals surface area contributed by atoms with Crippen molar-refractivity contribution in [3.63, 3.8) is 0 Å². The zero-order valence-corrected chi connectivity index (χ0v) is 18.9. The van der Waals surface area contributed by atoms with Crippen molar-refractivity contribution in [2.75, 3.05) is 19.7 Å². The topological polar surface area (TPSA) is 59.0 Å². The molecule has 1 heterocycles. The van der Waals surface area contributed by atoms with E-state index in [1.54, 1.807) is 30.0 Å². The third-order valence-corrected chi connectivity index (χ3v) is 5.95. The van der Waals surface area contributed by atoms with Crippen LogP contribution in [0.2, 0.25) is 10.0 Å². The van der Waals surface area contributed by atoms with E-state index in [0.717, 1.165) is 11.3 Å². The van der Waals surface area contributed by atoms with Crippen LogP contribution in [0, 0.1) is 0 Å². The molecule has 1 unspecified atom stereocenters. The van der Waals surface area contributed by atoms with Crippen LogP contribution < -0.4 is 4.74 Å². The number of amides is 1. The summed E-state index contributed by atoms with van der Waals surface area (Å²) in [4.78, 5) is 14.8. The molecule has 1 aliphatic rings. The molecule has 1 N–H and O–H groups in total. The van der Waals surface area contributed by atoms with E-state index in [1.165, 1.54) is 0 Å². The van der Waals surface area contributed by atoms with Gasteiger partial charge < -0.3 is 19.5 Å². The number of carbonyl (C=O) groups is 1. The number of hydrogen-bond acceptors (Lipinski definition) is 4. The molecule has 0 spiro atoms. The van der Waals surface area contributed by atoms with Crippen LogP contribution >= 0.6 is 23.2 Å². The first kappa shape index (κ1) is 22.9. The van der Waals surface area contributed by atoms with Crippen LogP contribution in [0.5, 0.6) is 5.75 Å². The van der Waals surface area contributed by atoms with Crippen molar-refractivity contribution in [3.05, 3.63) is 63.6 Å². The van der Waals surface area contributed by atoms with Crippen LogP contribution in [0.25, 0.3) is 0 Å². The summed E-state index contributed by atoms with van der Waals surface area (Å²) in [5.74, 6) is 0.705. The minimum atomic E-state index is -1.06. The van der Waals surface area contributed by atoms with E-state index < -0.39 is 11.7 Å². The highest BCUT2D eigenvalue weighted by atomic mass is 35.5. The zero-order valence-electron chi connectivity index (χ0n) is 17.4. The second-order valence-corrected chi connectivity index (χ2v) is 8.66. The molecule has 1 saturated heterocycles. The van der Waals surface area contributed by atoms with Crippen molar-refractivity contribution in [1.82, 2.24) is 4.90 Å². The summed E-state index contributed by atoms with van der Waals surface area (Å²) < 4.78 is 11.8. The predicted molar refractivity (Wildman–Crippen MR) is 118 cm³/mol. The average Bonchev–Trinajstić information content (AvgIpc) is 2.69. The first-order chi connectivity index (χ1) is 14.2. The third kappa shape index (κ3) is 5.09. The predicted octanol–water partition coefficient (Wildman–Crippen LogP) is 4.46. The number of nitrogens with zero attached hydrogens (tertiary/aromatic N) is 1. The second-order valence-electron chi connectivity index (χ2n) is 7.85. The van der Waals surface area contributed by atoms with Gasteiger partial charge >= 0.3 is 0 Å². The fourth-order valence-electron chi connectivity index (χ4n) is 3.67. The summed E-state index contributed by atoms with van der Waals surface area (Å²) in [5.41, 5.74) is 0.503. The minimum Gasteiger partial charge on any atom is -0.491 e. The van der Waals surface area contributed by atoms with E-state index in [1.807, 2.05) is 38.1 Å². The van der Waals surface area contributed by atoms with Crippen molar-refractivity contribution >= 4 is 29.1 Å². The lowest BCUT2D eigenvalue weighted by atomic mass is 9.86. The Balaban J connectivity index is 1.80. The van der Waals surface area contributed by atoms with Crippen molar-refractivity contribution in [3.8, 4) is 5.75 Å². The number of rotatable bonds is 6. The first-order valence-corrected chi connectivity index (χ1v) is 10.8. The minimum absolute atomic E-state index is 0.0370. The van der Waals surface area contributed by atoms with Crippen LogP contribution in [0.3, 0.4) is 0 Å². The van der Waals surface area contributed by atoms with Crippen molar-refractivity contribution in [2.24, 2.45) is 0 Å². The molecule has 162 valence electrons. The Morgan fingerprint density at radius 1 is 1.20 bits per heavy atom. The molecule has 0 aliphatic carbocycles. The summed E-state index contributed by atoms with van der Waals surface area (Å²) in [7, 11) is 0. The number of halogens is 2. The lowest BCUT2D eigenvalue weighted by Crippen LogP contribution is -2.56. The molecule has 0 saturated carbocycles. The van der Waals surface area contributed by atoms with Crippen LogP contribution in [-0.2, 0) is 21.6 Å². The molecule has 2 aromatic rings. The molecule has 7 heteroatoms. The van der Waals surface area contributed by atoms with Crippen LogP contribution in [0.15, 0.2) is 42.5 Å². The second kappa shape index (κ2) is 9.56. The highest BCUT2D eigenvalue weighted by Gasteiger charge is 2.44. The summed E-state index contributed by atoms with van der Waals surface area (Å²) >= 11 is 12.2. The fourth-order valence-corrected chi connectivity index (χ4v) is 3.97. The van der Waals surface area contributed by atoms with Crippen LogP contribution in [-0.4, -0.2) is 47.8 Å². The van der Waals surface area contributed by atoms with Gasteiger partial charge in [0.25, 0.3) is 0 Å². The number of hydrogen-bond donors (Lipinski definition) is 1. The van der Waals surface area contributed by atoms with Crippen LogP contribution in [0.1, 0.15) is 31.9 Å². The smallest absolute Gasteiger partial charge is 0.227 e. The summed E-state index contributed by atoms with van der Waals surface area (Å²) in [6.45, 7) is 6.57. The molecular weight excluding hydrogens is 425 g/mol. The Kier molecular flexibility index (Phi) is 7.30. The maximum absolute atomic E-state index is 13.1. The molecule has 5 nitrogen and oxygen atoms in total. The molecular formula is C23H27Cl2NO4. The van der Waals surface area contributed by atoms with Crippen molar-refractivity contribution < 1.29 is 19.4 Å². The summed E-state index contributed by atoms with van der Waals surface area (Å²) in [6.07, 6.45) is -0.548. The highest BCUT2D eigenvalue weighted by Crippen LogP contribution is 2.36. The lowest BCUT2D eigenvalue weighted by Gasteiger charge is -2.45. The molecule has 1 amide bonds. The summed E-state index contributed by atoms with van der Waals surface area (Å²) in [5, 5.41) is 11.4. The number of aliphatic hydroxyl groups excluding tert-OH is 1. The molecule has 1 aliphatic heterocycles. The Morgan fingerprint density at radius 3 is 2.63 bits per heavy atom. The molecule has 2 aromatic carbocycles. The van der Waals surface area contributed by atoms with E-state index in [4.69, 9.17) is 32.7 Å². The van der Waals surface area contributed by atoms with Crippen molar-refractivity contribution in [2.45, 2.75) is 45.0 Å². The number of morpholine rings is 1. The Labute approximate surface area is 187 Å². The molecule has 30 heavy (non-hydrogen) atoms. The lowest BCUT2D eigenvalue weighted by molar-refractivity contribution is -0.177. The number of carbonyl (C=O) groups excluding carboxylic acids is 1. The molecule has 0 aromatic heterocycles. The Morgan fingerprint density at radius 2 is 1.97 bits per heavy atom. The van der Waals surface area contributed by atoms with Gasteiger partial charge in [-0.2, -0.15) is 0 Å². The van der Waals surface area contributed by atoms with E-state index in [0.29, 0.717) is 28.8 Å². The van der Waals surface area contributed by atoms with E-state index >= 15 is 0 Å². The van der Waals surface area contributed by atoms with E-state index in [2.05, 4.69) is 0 Å². The Hall–Kier alpha value is -1.79. The maximum Gasteiger partial charge on any atom is 0.227 e. The number of benzene rings is 2. The van der Waals surface area contributed by atoms with Gasteiger partial charge in [0, 0.05) is 6.54 Å². The normalized spacial score (nSPS) is 20.3. The van der Waals surface area contributed by atoms with E-state index in [9.17, 15) is 9.90 Å². The average molecular weight is 452 g/mol. The molecule has 1 fully saturated rings. The van der Waals surface area contributed by atoms with Gasteiger partial charge in [0.2, 0.25) is 5.91 Å². The Bertz CT molecular complexity index is 903. The van der Waals surface area contributed by atoms with Gasteiger partial charge in [-0.15, -0.1) is 0 Å². The standard InChI is InChI=1S/C23H27Cl2NO4/c1-15(2)30-19-6-4-5-17(11-19)12-22(28)26-9-10-29-23(14-26,16(3)27)18-7-8-20(24)21(25)13-18/h4-8,11,13,15-16,27H,9-10,12,14H2,1-3H3/t16?,23-/m1/s1. The molecule has 0 radical (unpaired) electrons. The quantitative estimate of drug-likeness (QED) is 0.704. The van der Waals surface area contributed by atoms with Gasteiger partial charge in [0.05, 0.1) is 41.8 Å². The molecule has 0 bridgehead atoms. The van der Waals surface area contributed by atoms with Gasteiger partial charge in [0.15, 0.2) is 0 Å². The number of aliphatic hydroxyl groups is 1. The van der Waals surface area contributed by atoms with Gasteiger partial charge in [-0.05, 0) is 56.2 Å². The van der Waals surface area contributed by atoms with Gasteiger partial charge in [0.1, 0.15) is 11.4 Å². The largest absolute Gasteiger partial charge is 0.491 e. The molecule has 3 rings (SSSR count). The van der Waals surface area contributed by atoms with Crippen LogP contribution in [0.4, 0.5) is 0 Å². The first-order valence-electron chi connectivity index (χ1n) is 10.0. The van der Waals surface area contributed by atoms with Gasteiger partial charge in [-0.1, -0.05) is 41.4 Å². The van der Waals surface area contributed by atoms with E-state index in [-0.39, 0.29) is 25.0 Å². The fraction of sp³-hybridized carbons (Fsp3) is 0.435. The van der Waals surface area contributed by atoms with Crippen molar-refractivity contribution in [1.29, 1.82) is 0 Å². The summed E-state index contributed by atoms with van der Waals surface area (Å²) in [6, 6.07) is 12.7. The molecule has 2 atom stereocenters. The zero-order chi connectivity index (χ0) is 21.9. The van der Waals surface area contributed by atoms with Gasteiger partial charge in [-0.25, -0.2) is 0 Å². The third-order valence-electron chi connectivity index (χ3n) is 5.21. The highest BCUT2D eigenvalue weighted by molar-refractivity contribution is 6.42.